The van der Waals surface area contributed by atoms with Crippen LogP contribution >= 0.6 is 0 Å². The number of nitrogens with one attached hydrogen (secondary N) is 1. The lowest BCUT2D eigenvalue weighted by atomic mass is 9.97. The predicted octanol–water partition coefficient (Wildman–Crippen LogP) is 8.08. The summed E-state index contributed by atoms with van der Waals surface area (Å²) in [6.07, 6.45) is 5.75. The van der Waals surface area contributed by atoms with Crippen LogP contribution in [0, 0.1) is 25.2 Å². The maximum atomic E-state index is 7.45. The lowest BCUT2D eigenvalue weighted by Crippen LogP contribution is -1.94. The first-order valence-electron chi connectivity index (χ1n) is 9.35. The minimum absolute atomic E-state index is 0.545. The van der Waals surface area contributed by atoms with Crippen molar-refractivity contribution in [2.24, 2.45) is 5.92 Å². The Kier molecular flexibility index (Phi) is 29.5. The normalized spacial score (nSPS) is 8.39. The summed E-state index contributed by atoms with van der Waals surface area (Å²) in [4.78, 5) is 0. The molecule has 0 aliphatic heterocycles. The average molecular weight is 322 g/mol. The molecular formula is C22H43N. The van der Waals surface area contributed by atoms with Gasteiger partial charge in [0.25, 0.3) is 0 Å². The van der Waals surface area contributed by atoms with E-state index in [0.29, 0.717) is 5.92 Å². The molecule has 23 heavy (non-hydrogen) atoms. The summed E-state index contributed by atoms with van der Waals surface area (Å²) in [5, 5.41) is 7.45. The average Bonchev–Trinajstić information content (AvgIpc) is 2.62. The fourth-order valence-electron chi connectivity index (χ4n) is 1.56. The molecule has 1 aromatic carbocycles. The van der Waals surface area contributed by atoms with Gasteiger partial charge in [-0.1, -0.05) is 93.5 Å². The molecule has 1 heteroatoms. The summed E-state index contributed by atoms with van der Waals surface area (Å²) in [6, 6.07) is 4.19. The molecule has 0 radical (unpaired) electrons. The number of aryl methyl sites for hydroxylation is 2. The Morgan fingerprint density at radius 1 is 0.739 bits per heavy atom. The quantitative estimate of drug-likeness (QED) is 0.544. The van der Waals surface area contributed by atoms with Crippen LogP contribution in [-0.2, 0) is 0 Å². The molecule has 1 nitrogen and oxygen atoms in total. The van der Waals surface area contributed by atoms with Crippen molar-refractivity contribution in [2.45, 2.75) is 83.1 Å². The van der Waals surface area contributed by atoms with E-state index < -0.39 is 0 Å². The summed E-state index contributed by atoms with van der Waals surface area (Å²) < 4.78 is 0. The second-order valence-electron chi connectivity index (χ2n) is 4.27. The summed E-state index contributed by atoms with van der Waals surface area (Å²) in [5.74, 6) is 0.545. The Morgan fingerprint density at radius 2 is 1.09 bits per heavy atom. The van der Waals surface area contributed by atoms with Crippen molar-refractivity contribution in [1.29, 1.82) is 5.41 Å². The van der Waals surface area contributed by atoms with Crippen molar-refractivity contribution in [3.8, 4) is 0 Å². The monoisotopic (exact) mass is 321 g/mol. The highest BCUT2D eigenvalue weighted by Gasteiger charge is 2.03. The van der Waals surface area contributed by atoms with Crippen LogP contribution in [0.3, 0.4) is 0 Å². The smallest absolute Gasteiger partial charge is 0.0259 e. The van der Waals surface area contributed by atoms with E-state index in [9.17, 15) is 0 Å². The molecule has 0 aromatic heterocycles. The van der Waals surface area contributed by atoms with E-state index in [1.54, 1.807) is 0 Å². The molecule has 0 aliphatic rings. The van der Waals surface area contributed by atoms with Crippen LogP contribution in [0.1, 0.15) is 91.5 Å². The predicted molar refractivity (Wildman–Crippen MR) is 113 cm³/mol. The van der Waals surface area contributed by atoms with Gasteiger partial charge in [-0.3, -0.25) is 0 Å². The molecule has 0 bridgehead atoms. The van der Waals surface area contributed by atoms with Gasteiger partial charge in [0.15, 0.2) is 0 Å². The zero-order valence-corrected chi connectivity index (χ0v) is 18.0. The molecule has 0 aliphatic carbocycles. The SMILES string of the molecule is CC.CC.CC.CC.Cc1ccc(C)c(/C=C\C(C)C)c1C=N. The number of hydrogen-bond donors (Lipinski definition) is 1. The molecule has 136 valence electrons. The minimum atomic E-state index is 0.545. The van der Waals surface area contributed by atoms with Crippen LogP contribution in [0.15, 0.2) is 18.2 Å². The zero-order valence-electron chi connectivity index (χ0n) is 18.0. The molecule has 1 aromatic rings. The van der Waals surface area contributed by atoms with Crippen molar-refractivity contribution in [3.63, 3.8) is 0 Å². The third-order valence-corrected chi connectivity index (χ3v) is 2.52. The zero-order chi connectivity index (χ0) is 19.4. The Hall–Kier alpha value is -1.37. The van der Waals surface area contributed by atoms with Crippen molar-refractivity contribution >= 4 is 12.3 Å². The van der Waals surface area contributed by atoms with Crippen LogP contribution in [0.5, 0.6) is 0 Å². The van der Waals surface area contributed by atoms with Gasteiger partial charge in [0.05, 0.1) is 0 Å². The fraction of sp³-hybridized carbons (Fsp3) is 0.591. The molecule has 0 saturated heterocycles. The van der Waals surface area contributed by atoms with Gasteiger partial charge in [-0.05, 0) is 36.5 Å². The molecule has 0 heterocycles. The molecule has 1 N–H and O–H groups in total. The molecule has 0 saturated carbocycles. The van der Waals surface area contributed by atoms with Gasteiger partial charge in [0, 0.05) is 11.8 Å². The van der Waals surface area contributed by atoms with Gasteiger partial charge in [-0.15, -0.1) is 0 Å². The number of hydrogen-bond acceptors (Lipinski definition) is 1. The lowest BCUT2D eigenvalue weighted by molar-refractivity contribution is 0.836. The Bertz CT molecular complexity index is 387. The summed E-state index contributed by atoms with van der Waals surface area (Å²) >= 11 is 0. The van der Waals surface area contributed by atoms with E-state index in [2.05, 4.69) is 45.1 Å². The van der Waals surface area contributed by atoms with Gasteiger partial charge in [-0.2, -0.15) is 0 Å². The highest BCUT2D eigenvalue weighted by atomic mass is 14.3. The standard InChI is InChI=1S/C14H19N.4C2H6/c1-10(2)5-8-13-11(3)6-7-12(4)14(13)9-15;4*1-2/h5-10,15H,1-4H3;4*1-2H3/b8-5-,15-9?;;;;. The number of benzene rings is 1. The molecule has 0 fully saturated rings. The van der Waals surface area contributed by atoms with Crippen LogP contribution in [0.4, 0.5) is 0 Å². The van der Waals surface area contributed by atoms with Crippen LogP contribution < -0.4 is 0 Å². The van der Waals surface area contributed by atoms with E-state index in [4.69, 9.17) is 5.41 Å². The minimum Gasteiger partial charge on any atom is -0.308 e. The Labute approximate surface area is 147 Å². The van der Waals surface area contributed by atoms with Crippen LogP contribution in [0.2, 0.25) is 0 Å². The summed E-state index contributed by atoms with van der Waals surface area (Å²) in [6.45, 7) is 24.5. The Balaban J connectivity index is -0.000000196. The van der Waals surface area contributed by atoms with Gasteiger partial charge in [0.2, 0.25) is 0 Å². The third-order valence-electron chi connectivity index (χ3n) is 2.52. The first-order chi connectivity index (χ1) is 11.1. The Morgan fingerprint density at radius 3 is 1.39 bits per heavy atom. The summed E-state index contributed by atoms with van der Waals surface area (Å²) in [7, 11) is 0. The van der Waals surface area contributed by atoms with Crippen molar-refractivity contribution in [2.75, 3.05) is 0 Å². The van der Waals surface area contributed by atoms with Crippen molar-refractivity contribution in [1.82, 2.24) is 0 Å². The van der Waals surface area contributed by atoms with E-state index in [0.717, 1.165) is 5.56 Å². The van der Waals surface area contributed by atoms with Gasteiger partial charge in [0.1, 0.15) is 0 Å². The molecular weight excluding hydrogens is 278 g/mol. The molecule has 1 rings (SSSR count). The lowest BCUT2D eigenvalue weighted by Gasteiger charge is -2.08. The van der Waals surface area contributed by atoms with Crippen molar-refractivity contribution < 1.29 is 0 Å². The highest BCUT2D eigenvalue weighted by Crippen LogP contribution is 2.19. The molecule has 0 unspecified atom stereocenters. The maximum Gasteiger partial charge on any atom is 0.0259 e. The number of rotatable bonds is 3. The van der Waals surface area contributed by atoms with E-state index in [-0.39, 0.29) is 0 Å². The van der Waals surface area contributed by atoms with Crippen LogP contribution in [-0.4, -0.2) is 6.21 Å². The molecule has 0 amide bonds. The third kappa shape index (κ3) is 14.0. The fourth-order valence-corrected chi connectivity index (χ4v) is 1.56. The van der Waals surface area contributed by atoms with Crippen LogP contribution in [0.25, 0.3) is 6.08 Å². The topological polar surface area (TPSA) is 23.9 Å². The van der Waals surface area contributed by atoms with E-state index in [1.165, 1.54) is 22.9 Å². The van der Waals surface area contributed by atoms with E-state index in [1.807, 2.05) is 62.3 Å². The first-order valence-corrected chi connectivity index (χ1v) is 9.35. The highest BCUT2D eigenvalue weighted by molar-refractivity contribution is 5.86. The van der Waals surface area contributed by atoms with Crippen molar-refractivity contribution in [3.05, 3.63) is 40.5 Å². The van der Waals surface area contributed by atoms with E-state index >= 15 is 0 Å². The molecule has 0 spiro atoms. The molecule has 0 atom stereocenters. The second kappa shape index (κ2) is 22.9. The van der Waals surface area contributed by atoms with Gasteiger partial charge in [-0.25, -0.2) is 0 Å². The van der Waals surface area contributed by atoms with Gasteiger partial charge < -0.3 is 5.41 Å². The summed E-state index contributed by atoms with van der Waals surface area (Å²) in [5.41, 5.74) is 4.61. The largest absolute Gasteiger partial charge is 0.308 e. The second-order valence-corrected chi connectivity index (χ2v) is 4.27. The van der Waals surface area contributed by atoms with Gasteiger partial charge >= 0.3 is 0 Å². The number of allylic oxidation sites excluding steroid dienone is 1. The first kappa shape index (κ1) is 29.6. The maximum absolute atomic E-state index is 7.45.